The average molecular weight is 457 g/mol. The van der Waals surface area contributed by atoms with Crippen molar-refractivity contribution >= 4 is 18.0 Å². The molecule has 10 nitrogen and oxygen atoms in total. The van der Waals surface area contributed by atoms with Gasteiger partial charge in [0, 0.05) is 6.08 Å². The Morgan fingerprint density at radius 1 is 1.00 bits per heavy atom. The molecule has 0 aliphatic rings. The Kier molecular flexibility index (Phi) is 9.94. The van der Waals surface area contributed by atoms with Gasteiger partial charge in [-0.1, -0.05) is 12.5 Å². The molecule has 0 spiro atoms. The molecule has 0 radical (unpaired) electrons. The molecule has 176 valence electrons. The van der Waals surface area contributed by atoms with Crippen molar-refractivity contribution in [2.24, 2.45) is 0 Å². The lowest BCUT2D eigenvalue weighted by Crippen LogP contribution is -2.08. The van der Waals surface area contributed by atoms with Gasteiger partial charge in [0.1, 0.15) is 5.75 Å². The molecular weight excluding hydrogens is 430 g/mol. The van der Waals surface area contributed by atoms with Crippen molar-refractivity contribution in [2.75, 3.05) is 13.2 Å². The zero-order valence-corrected chi connectivity index (χ0v) is 18.9. The van der Waals surface area contributed by atoms with Crippen LogP contribution in [-0.2, 0) is 14.4 Å². The first-order valence-electron chi connectivity index (χ1n) is 10.5. The molecule has 0 aliphatic heterocycles. The van der Waals surface area contributed by atoms with E-state index in [-0.39, 0.29) is 24.5 Å². The molecule has 1 aromatic heterocycles. The third-order valence-electron chi connectivity index (χ3n) is 4.65. The van der Waals surface area contributed by atoms with Crippen molar-refractivity contribution in [3.05, 3.63) is 68.8 Å². The van der Waals surface area contributed by atoms with Gasteiger partial charge < -0.3 is 14.3 Å². The van der Waals surface area contributed by atoms with Gasteiger partial charge >= 0.3 is 11.9 Å². The van der Waals surface area contributed by atoms with Crippen molar-refractivity contribution in [1.82, 2.24) is 9.97 Å². The molecule has 0 unspecified atom stereocenters. The van der Waals surface area contributed by atoms with E-state index in [1.54, 1.807) is 24.3 Å². The van der Waals surface area contributed by atoms with Gasteiger partial charge in [0.05, 0.1) is 41.6 Å². The summed E-state index contributed by atoms with van der Waals surface area (Å²) in [5, 5.41) is 9.23. The standard InChI is InChI=1S/C23H27N3O7/c1-16-17(2)25-21(18(3)24-16)11-12-22(27)33-20-10-8-9-19(15-20)23(28)31-13-6-4-5-7-14-32-26(29)30/h8-12,15H,4-7,13-14H2,1-3H3/b12-11+. The topological polar surface area (TPSA) is 131 Å². The molecule has 0 bridgehead atoms. The molecule has 1 heterocycles. The van der Waals surface area contributed by atoms with Gasteiger partial charge in [0.15, 0.2) is 0 Å². The van der Waals surface area contributed by atoms with Crippen LogP contribution >= 0.6 is 0 Å². The zero-order valence-electron chi connectivity index (χ0n) is 18.9. The van der Waals surface area contributed by atoms with E-state index in [1.165, 1.54) is 12.1 Å². The maximum Gasteiger partial charge on any atom is 0.338 e. The number of rotatable bonds is 12. The highest BCUT2D eigenvalue weighted by Gasteiger charge is 2.10. The van der Waals surface area contributed by atoms with Crippen LogP contribution in [0.3, 0.4) is 0 Å². The molecule has 33 heavy (non-hydrogen) atoms. The Bertz CT molecular complexity index is 1020. The van der Waals surface area contributed by atoms with Gasteiger partial charge in [0.25, 0.3) is 5.09 Å². The minimum absolute atomic E-state index is 0.0607. The second-order valence-corrected chi connectivity index (χ2v) is 7.25. The van der Waals surface area contributed by atoms with Crippen molar-refractivity contribution in [1.29, 1.82) is 0 Å². The van der Waals surface area contributed by atoms with E-state index in [0.717, 1.165) is 24.2 Å². The summed E-state index contributed by atoms with van der Waals surface area (Å²) in [4.78, 5) is 47.4. The van der Waals surface area contributed by atoms with E-state index in [2.05, 4.69) is 14.8 Å². The maximum atomic E-state index is 12.2. The highest BCUT2D eigenvalue weighted by atomic mass is 16.9. The minimum Gasteiger partial charge on any atom is -0.462 e. The number of benzene rings is 1. The Morgan fingerprint density at radius 2 is 1.70 bits per heavy atom. The highest BCUT2D eigenvalue weighted by Crippen LogP contribution is 2.16. The lowest BCUT2D eigenvalue weighted by atomic mass is 10.2. The Hall–Kier alpha value is -3.82. The van der Waals surface area contributed by atoms with Crippen LogP contribution in [0.5, 0.6) is 5.75 Å². The Morgan fingerprint density at radius 3 is 2.42 bits per heavy atom. The molecule has 0 saturated carbocycles. The summed E-state index contributed by atoms with van der Waals surface area (Å²) in [6.45, 7) is 5.80. The van der Waals surface area contributed by atoms with Crippen molar-refractivity contribution in [3.8, 4) is 5.75 Å². The predicted octanol–water partition coefficient (Wildman–Crippen LogP) is 3.95. The number of esters is 2. The normalized spacial score (nSPS) is 10.8. The lowest BCUT2D eigenvalue weighted by molar-refractivity contribution is -0.757. The molecule has 0 N–H and O–H groups in total. The third kappa shape index (κ3) is 9.06. The van der Waals surface area contributed by atoms with Gasteiger partial charge in [0.2, 0.25) is 0 Å². The number of unbranched alkanes of at least 4 members (excludes halogenated alkanes) is 3. The van der Waals surface area contributed by atoms with Crippen LogP contribution in [0.15, 0.2) is 30.3 Å². The average Bonchev–Trinajstić information content (AvgIpc) is 2.77. The van der Waals surface area contributed by atoms with Crippen LogP contribution in [0, 0.1) is 30.9 Å². The third-order valence-corrected chi connectivity index (χ3v) is 4.65. The van der Waals surface area contributed by atoms with E-state index in [0.29, 0.717) is 24.2 Å². The van der Waals surface area contributed by atoms with Crippen LogP contribution < -0.4 is 4.74 Å². The van der Waals surface area contributed by atoms with Gasteiger partial charge in [-0.15, -0.1) is 10.1 Å². The van der Waals surface area contributed by atoms with Gasteiger partial charge in [-0.25, -0.2) is 14.6 Å². The molecule has 0 saturated heterocycles. The fraction of sp³-hybridized carbons (Fsp3) is 0.391. The van der Waals surface area contributed by atoms with E-state index in [9.17, 15) is 19.7 Å². The second kappa shape index (κ2) is 12.9. The van der Waals surface area contributed by atoms with Crippen molar-refractivity contribution in [3.63, 3.8) is 0 Å². The largest absolute Gasteiger partial charge is 0.462 e. The molecular formula is C23H27N3O7. The van der Waals surface area contributed by atoms with Gasteiger partial charge in [-0.2, -0.15) is 0 Å². The Labute approximate surface area is 191 Å². The molecule has 10 heteroatoms. The molecule has 0 fully saturated rings. The fourth-order valence-electron chi connectivity index (χ4n) is 2.82. The molecule has 0 amide bonds. The van der Waals surface area contributed by atoms with Crippen LogP contribution in [-0.4, -0.2) is 40.2 Å². The summed E-state index contributed by atoms with van der Waals surface area (Å²) in [5.41, 5.74) is 3.16. The monoisotopic (exact) mass is 457 g/mol. The van der Waals surface area contributed by atoms with Crippen molar-refractivity contribution < 1.29 is 29.0 Å². The van der Waals surface area contributed by atoms with E-state index < -0.39 is 17.0 Å². The van der Waals surface area contributed by atoms with Crippen LogP contribution in [0.4, 0.5) is 0 Å². The van der Waals surface area contributed by atoms with E-state index in [1.807, 2.05) is 20.8 Å². The number of carbonyl (C=O) groups excluding carboxylic acids is 2. The fourth-order valence-corrected chi connectivity index (χ4v) is 2.82. The summed E-state index contributed by atoms with van der Waals surface area (Å²) >= 11 is 0. The smallest absolute Gasteiger partial charge is 0.338 e. The van der Waals surface area contributed by atoms with Gasteiger partial charge in [-0.05, 0) is 64.3 Å². The number of nitrogens with zero attached hydrogens (tertiary/aromatic N) is 3. The quantitative estimate of drug-likeness (QED) is 0.116. The number of hydrogen-bond donors (Lipinski definition) is 0. The van der Waals surface area contributed by atoms with Gasteiger partial charge in [-0.3, -0.25) is 4.98 Å². The van der Waals surface area contributed by atoms with E-state index in [4.69, 9.17) is 9.47 Å². The summed E-state index contributed by atoms with van der Waals surface area (Å²) < 4.78 is 10.5. The number of aryl methyl sites for hydroxylation is 3. The number of hydrogen-bond acceptors (Lipinski definition) is 9. The van der Waals surface area contributed by atoms with Crippen molar-refractivity contribution in [2.45, 2.75) is 46.5 Å². The SMILES string of the molecule is Cc1nc(C)c(/C=C/C(=O)Oc2cccc(C(=O)OCCCCCCO[N+](=O)[O-])c2)nc1C. The highest BCUT2D eigenvalue weighted by molar-refractivity contribution is 5.91. The number of aromatic nitrogens is 2. The Balaban J connectivity index is 1.80. The first kappa shape index (κ1) is 25.4. The first-order chi connectivity index (χ1) is 15.8. The second-order valence-electron chi connectivity index (χ2n) is 7.25. The summed E-state index contributed by atoms with van der Waals surface area (Å²) in [7, 11) is 0. The van der Waals surface area contributed by atoms with Crippen LogP contribution in [0.1, 0.15) is 58.8 Å². The summed E-state index contributed by atoms with van der Waals surface area (Å²) in [5.74, 6) is -0.921. The molecule has 2 aromatic rings. The first-order valence-corrected chi connectivity index (χ1v) is 10.5. The zero-order chi connectivity index (χ0) is 24.2. The lowest BCUT2D eigenvalue weighted by Gasteiger charge is -2.07. The summed E-state index contributed by atoms with van der Waals surface area (Å²) in [6.07, 6.45) is 5.48. The minimum atomic E-state index is -0.816. The molecule has 2 rings (SSSR count). The predicted molar refractivity (Wildman–Crippen MR) is 119 cm³/mol. The van der Waals surface area contributed by atoms with Crippen LogP contribution in [0.25, 0.3) is 6.08 Å². The summed E-state index contributed by atoms with van der Waals surface area (Å²) in [6, 6.07) is 6.16. The van der Waals surface area contributed by atoms with E-state index >= 15 is 0 Å². The van der Waals surface area contributed by atoms with Crippen LogP contribution in [0.2, 0.25) is 0 Å². The number of carbonyl (C=O) groups is 2. The molecule has 0 atom stereocenters. The molecule has 1 aromatic carbocycles. The molecule has 0 aliphatic carbocycles. The number of ether oxygens (including phenoxy) is 2. The maximum absolute atomic E-state index is 12.2.